The van der Waals surface area contributed by atoms with Crippen LogP contribution < -0.4 is 5.32 Å². The van der Waals surface area contributed by atoms with E-state index in [9.17, 15) is 13.2 Å². The Morgan fingerprint density at radius 3 is 2.67 bits per heavy atom. The summed E-state index contributed by atoms with van der Waals surface area (Å²) in [5, 5.41) is 2.83. The molecule has 9 heteroatoms. The summed E-state index contributed by atoms with van der Waals surface area (Å²) < 4.78 is 32.9. The van der Waals surface area contributed by atoms with Crippen molar-refractivity contribution in [3.05, 3.63) is 45.1 Å². The normalized spacial score (nSPS) is 15.6. The summed E-state index contributed by atoms with van der Waals surface area (Å²) in [6.45, 7) is 3.28. The van der Waals surface area contributed by atoms with Crippen LogP contribution in [0.5, 0.6) is 0 Å². The smallest absolute Gasteiger partial charge is 0.243 e. The molecule has 1 saturated heterocycles. The van der Waals surface area contributed by atoms with Gasteiger partial charge in [0.05, 0.1) is 22.4 Å². The summed E-state index contributed by atoms with van der Waals surface area (Å²) in [5.41, 5.74) is 1.32. The fourth-order valence-electron chi connectivity index (χ4n) is 2.77. The van der Waals surface area contributed by atoms with Crippen LogP contribution in [0.15, 0.2) is 35.2 Å². The molecule has 1 amide bonds. The maximum Gasteiger partial charge on any atom is 0.243 e. The Morgan fingerprint density at radius 1 is 1.26 bits per heavy atom. The molecule has 0 spiro atoms. The highest BCUT2D eigenvalue weighted by Gasteiger charge is 2.26. The Balaban J connectivity index is 1.70. The number of nitrogens with one attached hydrogen (secondary N) is 1. The van der Waals surface area contributed by atoms with Gasteiger partial charge in [-0.3, -0.25) is 4.79 Å². The highest BCUT2D eigenvalue weighted by molar-refractivity contribution is 7.89. The summed E-state index contributed by atoms with van der Waals surface area (Å²) >= 11 is 7.35. The molecule has 6 nitrogen and oxygen atoms in total. The molecular weight excluding hydrogens is 408 g/mol. The minimum Gasteiger partial charge on any atom is -0.379 e. The van der Waals surface area contributed by atoms with Gasteiger partial charge < -0.3 is 10.1 Å². The van der Waals surface area contributed by atoms with E-state index in [1.807, 2.05) is 19.1 Å². The zero-order chi connectivity index (χ0) is 19.4. The molecule has 0 aliphatic carbocycles. The van der Waals surface area contributed by atoms with Gasteiger partial charge >= 0.3 is 0 Å². The SMILES string of the molecule is Cc1ccc(S(=O)(=O)N2CCOCC2)cc1NC(=O)CCc1ccc(Cl)s1. The Labute approximate surface area is 168 Å². The number of benzene rings is 1. The third-order valence-electron chi connectivity index (χ3n) is 4.32. The number of ether oxygens (including phenoxy) is 1. The van der Waals surface area contributed by atoms with Gasteiger partial charge in [-0.05, 0) is 43.2 Å². The van der Waals surface area contributed by atoms with Crippen LogP contribution in [-0.2, 0) is 26.0 Å². The van der Waals surface area contributed by atoms with Crippen molar-refractivity contribution in [3.63, 3.8) is 0 Å². The number of sulfonamides is 1. The van der Waals surface area contributed by atoms with Gasteiger partial charge in [-0.2, -0.15) is 4.31 Å². The summed E-state index contributed by atoms with van der Waals surface area (Å²) in [7, 11) is -3.60. The molecule has 0 unspecified atom stereocenters. The van der Waals surface area contributed by atoms with Gasteiger partial charge in [-0.25, -0.2) is 8.42 Å². The van der Waals surface area contributed by atoms with Gasteiger partial charge in [0.15, 0.2) is 0 Å². The van der Waals surface area contributed by atoms with Gasteiger partial charge in [-0.1, -0.05) is 17.7 Å². The lowest BCUT2D eigenvalue weighted by Crippen LogP contribution is -2.40. The number of anilines is 1. The zero-order valence-electron chi connectivity index (χ0n) is 14.9. The molecule has 0 saturated carbocycles. The monoisotopic (exact) mass is 428 g/mol. The topological polar surface area (TPSA) is 75.7 Å². The van der Waals surface area contributed by atoms with E-state index in [0.29, 0.717) is 49.2 Å². The number of hydrogen-bond donors (Lipinski definition) is 1. The average Bonchev–Trinajstić information content (AvgIpc) is 3.08. The Kier molecular flexibility index (Phi) is 6.54. The number of morpholine rings is 1. The van der Waals surface area contributed by atoms with E-state index in [2.05, 4.69) is 5.32 Å². The number of thiophene rings is 1. The van der Waals surface area contributed by atoms with Crippen molar-refractivity contribution in [2.75, 3.05) is 31.6 Å². The summed E-state index contributed by atoms with van der Waals surface area (Å²) in [6, 6.07) is 8.52. The maximum atomic E-state index is 12.8. The molecule has 3 rings (SSSR count). The second-order valence-corrected chi connectivity index (χ2v) is 9.98. The molecule has 1 aliphatic rings. The predicted molar refractivity (Wildman–Crippen MR) is 107 cm³/mol. The van der Waals surface area contributed by atoms with Crippen LogP contribution in [0.2, 0.25) is 4.34 Å². The molecule has 1 fully saturated rings. The van der Waals surface area contributed by atoms with Crippen molar-refractivity contribution >= 4 is 44.6 Å². The first-order chi connectivity index (χ1) is 12.9. The van der Waals surface area contributed by atoms with E-state index < -0.39 is 10.0 Å². The summed E-state index contributed by atoms with van der Waals surface area (Å²) in [5.74, 6) is -0.163. The van der Waals surface area contributed by atoms with Gasteiger partial charge in [0.25, 0.3) is 0 Å². The molecule has 1 N–H and O–H groups in total. The minimum atomic E-state index is -3.60. The molecule has 2 heterocycles. The number of rotatable bonds is 6. The number of hydrogen-bond acceptors (Lipinski definition) is 5. The van der Waals surface area contributed by atoms with E-state index in [4.69, 9.17) is 16.3 Å². The second kappa shape index (κ2) is 8.70. The lowest BCUT2D eigenvalue weighted by atomic mass is 10.2. The van der Waals surface area contributed by atoms with Crippen LogP contribution in [0.4, 0.5) is 5.69 Å². The largest absolute Gasteiger partial charge is 0.379 e. The molecule has 146 valence electrons. The zero-order valence-corrected chi connectivity index (χ0v) is 17.3. The minimum absolute atomic E-state index is 0.163. The molecule has 27 heavy (non-hydrogen) atoms. The Morgan fingerprint density at radius 2 is 2.00 bits per heavy atom. The third-order valence-corrected chi connectivity index (χ3v) is 7.50. The van der Waals surface area contributed by atoms with Crippen molar-refractivity contribution in [2.24, 2.45) is 0 Å². The van der Waals surface area contributed by atoms with Crippen molar-refractivity contribution in [3.8, 4) is 0 Å². The van der Waals surface area contributed by atoms with Gasteiger partial charge in [0.1, 0.15) is 0 Å². The molecule has 2 aromatic rings. The lowest BCUT2D eigenvalue weighted by Gasteiger charge is -2.26. The van der Waals surface area contributed by atoms with Crippen LogP contribution in [0.1, 0.15) is 16.9 Å². The predicted octanol–water partition coefficient (Wildman–Crippen LogP) is 3.30. The second-order valence-electron chi connectivity index (χ2n) is 6.25. The number of carbonyl (C=O) groups is 1. The quantitative estimate of drug-likeness (QED) is 0.765. The van der Waals surface area contributed by atoms with Crippen LogP contribution in [-0.4, -0.2) is 44.9 Å². The fourth-order valence-corrected chi connectivity index (χ4v) is 5.29. The van der Waals surface area contributed by atoms with E-state index >= 15 is 0 Å². The van der Waals surface area contributed by atoms with Gasteiger partial charge in [0, 0.05) is 30.1 Å². The summed E-state index contributed by atoms with van der Waals surface area (Å²) in [4.78, 5) is 13.5. The molecule has 1 aromatic carbocycles. The number of aryl methyl sites for hydroxylation is 2. The van der Waals surface area contributed by atoms with E-state index in [0.717, 1.165) is 10.4 Å². The van der Waals surface area contributed by atoms with Crippen LogP contribution in [0.3, 0.4) is 0 Å². The highest BCUT2D eigenvalue weighted by atomic mass is 35.5. The first-order valence-electron chi connectivity index (χ1n) is 8.59. The standard InChI is InChI=1S/C18H21ClN2O4S2/c1-13-2-5-15(27(23,24)21-8-10-25-11-9-21)12-16(13)20-18(22)7-4-14-3-6-17(19)26-14/h2-3,5-6,12H,4,7-11H2,1H3,(H,20,22). The molecule has 1 aliphatic heterocycles. The van der Waals surface area contributed by atoms with E-state index in [-0.39, 0.29) is 10.8 Å². The number of halogens is 1. The maximum absolute atomic E-state index is 12.8. The van der Waals surface area contributed by atoms with E-state index in [1.165, 1.54) is 21.7 Å². The van der Waals surface area contributed by atoms with Crippen molar-refractivity contribution in [2.45, 2.75) is 24.7 Å². The van der Waals surface area contributed by atoms with Gasteiger partial charge in [0.2, 0.25) is 15.9 Å². The van der Waals surface area contributed by atoms with Crippen molar-refractivity contribution < 1.29 is 17.9 Å². The summed E-state index contributed by atoms with van der Waals surface area (Å²) in [6.07, 6.45) is 0.894. The van der Waals surface area contributed by atoms with Crippen LogP contribution >= 0.6 is 22.9 Å². The lowest BCUT2D eigenvalue weighted by molar-refractivity contribution is -0.116. The first-order valence-corrected chi connectivity index (χ1v) is 11.2. The first kappa shape index (κ1) is 20.3. The fraction of sp³-hybridized carbons (Fsp3) is 0.389. The molecule has 0 bridgehead atoms. The molecule has 1 aromatic heterocycles. The average molecular weight is 429 g/mol. The molecule has 0 radical (unpaired) electrons. The van der Waals surface area contributed by atoms with Crippen LogP contribution in [0.25, 0.3) is 0 Å². The molecule has 0 atom stereocenters. The number of nitrogens with zero attached hydrogens (tertiary/aromatic N) is 1. The number of amides is 1. The van der Waals surface area contributed by atoms with Crippen molar-refractivity contribution in [1.82, 2.24) is 4.31 Å². The Bertz CT molecular complexity index is 921. The van der Waals surface area contributed by atoms with E-state index in [1.54, 1.807) is 12.1 Å². The van der Waals surface area contributed by atoms with Crippen molar-refractivity contribution in [1.29, 1.82) is 0 Å². The third kappa shape index (κ3) is 5.08. The number of carbonyl (C=O) groups excluding carboxylic acids is 1. The molecular formula is C18H21ClN2O4S2. The Hall–Kier alpha value is -1.45. The highest BCUT2D eigenvalue weighted by Crippen LogP contribution is 2.25. The van der Waals surface area contributed by atoms with Crippen LogP contribution in [0, 0.1) is 6.92 Å². The van der Waals surface area contributed by atoms with Gasteiger partial charge in [-0.15, -0.1) is 11.3 Å².